The van der Waals surface area contributed by atoms with E-state index in [2.05, 4.69) is 15.1 Å². The van der Waals surface area contributed by atoms with Gasteiger partial charge in [-0.1, -0.05) is 17.8 Å². The van der Waals surface area contributed by atoms with Gasteiger partial charge < -0.3 is 10.2 Å². The molecule has 0 radical (unpaired) electrons. The summed E-state index contributed by atoms with van der Waals surface area (Å²) in [5.41, 5.74) is 1.69. The van der Waals surface area contributed by atoms with E-state index in [1.165, 1.54) is 38.8 Å². The molecule has 3 heterocycles. The predicted octanol–water partition coefficient (Wildman–Crippen LogP) is 2.72. The highest BCUT2D eigenvalue weighted by molar-refractivity contribution is 7.22. The minimum atomic E-state index is -0.0433. The number of rotatable bonds is 3. The van der Waals surface area contributed by atoms with E-state index in [-0.39, 0.29) is 5.91 Å². The number of piperidine rings is 1. The van der Waals surface area contributed by atoms with E-state index < -0.39 is 0 Å². The number of aromatic nitrogens is 1. The first-order valence-electron chi connectivity index (χ1n) is 8.86. The van der Waals surface area contributed by atoms with Crippen molar-refractivity contribution in [3.8, 4) is 0 Å². The van der Waals surface area contributed by atoms with Crippen molar-refractivity contribution in [2.75, 3.05) is 38.1 Å². The van der Waals surface area contributed by atoms with Crippen molar-refractivity contribution in [3.63, 3.8) is 0 Å². The molecule has 1 aromatic heterocycles. The molecule has 0 aliphatic carbocycles. The van der Waals surface area contributed by atoms with Crippen LogP contribution in [-0.2, 0) is 0 Å². The molecule has 0 saturated carbocycles. The summed E-state index contributed by atoms with van der Waals surface area (Å²) >= 11 is 1.70. The summed E-state index contributed by atoms with van der Waals surface area (Å²) in [4.78, 5) is 21.7. The van der Waals surface area contributed by atoms with E-state index in [9.17, 15) is 4.79 Å². The van der Waals surface area contributed by atoms with Gasteiger partial charge in [-0.15, -0.1) is 0 Å². The normalized spacial score (nSPS) is 22.2. The van der Waals surface area contributed by atoms with Gasteiger partial charge in [-0.2, -0.15) is 0 Å². The van der Waals surface area contributed by atoms with E-state index in [1.54, 1.807) is 18.4 Å². The number of carbonyl (C=O) groups is 1. The molecule has 2 aromatic rings. The minimum absolute atomic E-state index is 0.0433. The summed E-state index contributed by atoms with van der Waals surface area (Å²) in [7, 11) is 1.66. The van der Waals surface area contributed by atoms with Crippen LogP contribution in [0.15, 0.2) is 18.2 Å². The molecule has 24 heavy (non-hydrogen) atoms. The number of fused-ring (bicyclic) bond motifs is 1. The third kappa shape index (κ3) is 3.00. The monoisotopic (exact) mass is 344 g/mol. The number of amides is 1. The maximum absolute atomic E-state index is 11.8. The van der Waals surface area contributed by atoms with Gasteiger partial charge in [0, 0.05) is 31.7 Å². The van der Waals surface area contributed by atoms with Gasteiger partial charge in [-0.3, -0.25) is 9.69 Å². The van der Waals surface area contributed by atoms with Crippen molar-refractivity contribution in [1.29, 1.82) is 0 Å². The summed E-state index contributed by atoms with van der Waals surface area (Å²) < 4.78 is 1.09. The van der Waals surface area contributed by atoms with Crippen molar-refractivity contribution in [3.05, 3.63) is 23.8 Å². The van der Waals surface area contributed by atoms with Crippen LogP contribution in [-0.4, -0.2) is 55.1 Å². The summed E-state index contributed by atoms with van der Waals surface area (Å²) in [6, 6.07) is 6.44. The third-order valence-electron chi connectivity index (χ3n) is 5.21. The van der Waals surface area contributed by atoms with E-state index in [0.29, 0.717) is 11.6 Å². The first-order valence-corrected chi connectivity index (χ1v) is 9.68. The first-order chi connectivity index (χ1) is 11.7. The molecule has 2 aliphatic rings. The molecule has 0 bridgehead atoms. The molecular formula is C18H24N4OS. The van der Waals surface area contributed by atoms with Crippen molar-refractivity contribution < 1.29 is 4.79 Å². The third-order valence-corrected chi connectivity index (χ3v) is 6.29. The number of nitrogens with zero attached hydrogens (tertiary/aromatic N) is 3. The molecule has 128 valence electrons. The Kier molecular flexibility index (Phi) is 4.41. The zero-order valence-corrected chi connectivity index (χ0v) is 14.9. The van der Waals surface area contributed by atoms with Crippen LogP contribution in [0.5, 0.6) is 0 Å². The fourth-order valence-corrected chi connectivity index (χ4v) is 4.87. The Bertz CT molecular complexity index is 738. The lowest BCUT2D eigenvalue weighted by molar-refractivity contribution is 0.0963. The predicted molar refractivity (Wildman–Crippen MR) is 99.1 cm³/mol. The second-order valence-corrected chi connectivity index (χ2v) is 7.75. The summed E-state index contributed by atoms with van der Waals surface area (Å²) in [6.07, 6.45) is 5.32. The molecule has 1 N–H and O–H groups in total. The van der Waals surface area contributed by atoms with E-state index >= 15 is 0 Å². The summed E-state index contributed by atoms with van der Waals surface area (Å²) in [6.45, 7) is 4.69. The second kappa shape index (κ2) is 6.69. The Balaban J connectivity index is 1.51. The molecule has 5 nitrogen and oxygen atoms in total. The SMILES string of the molecule is CNC(=O)c1ccc2nc(N3CC[C@@H](N4CCCCC4)C3)sc2c1. The van der Waals surface area contributed by atoms with Crippen molar-refractivity contribution in [1.82, 2.24) is 15.2 Å². The lowest BCUT2D eigenvalue weighted by Gasteiger charge is -2.32. The number of anilines is 1. The lowest BCUT2D eigenvalue weighted by Crippen LogP contribution is -2.40. The molecule has 2 aliphatic heterocycles. The molecule has 1 atom stereocenters. The maximum atomic E-state index is 11.8. The molecule has 0 unspecified atom stereocenters. The van der Waals surface area contributed by atoms with Gasteiger partial charge in [0.2, 0.25) is 0 Å². The second-order valence-electron chi connectivity index (χ2n) is 6.74. The Labute approximate surface area is 146 Å². The highest BCUT2D eigenvalue weighted by atomic mass is 32.1. The highest BCUT2D eigenvalue weighted by Gasteiger charge is 2.29. The molecule has 6 heteroatoms. The maximum Gasteiger partial charge on any atom is 0.251 e. The minimum Gasteiger partial charge on any atom is -0.355 e. The number of nitrogens with one attached hydrogen (secondary N) is 1. The lowest BCUT2D eigenvalue weighted by atomic mass is 10.1. The number of hydrogen-bond donors (Lipinski definition) is 1. The van der Waals surface area contributed by atoms with Gasteiger partial charge in [0.05, 0.1) is 10.2 Å². The van der Waals surface area contributed by atoms with Crippen LogP contribution in [0.25, 0.3) is 10.2 Å². The quantitative estimate of drug-likeness (QED) is 0.930. The number of benzene rings is 1. The van der Waals surface area contributed by atoms with Gasteiger partial charge in [0.25, 0.3) is 5.91 Å². The Morgan fingerprint density at radius 3 is 2.88 bits per heavy atom. The Morgan fingerprint density at radius 1 is 1.25 bits per heavy atom. The van der Waals surface area contributed by atoms with Crippen LogP contribution in [0.2, 0.25) is 0 Å². The Morgan fingerprint density at radius 2 is 2.08 bits per heavy atom. The number of carbonyl (C=O) groups excluding carboxylic acids is 1. The van der Waals surface area contributed by atoms with Gasteiger partial charge in [0.1, 0.15) is 0 Å². The first kappa shape index (κ1) is 15.8. The molecule has 2 saturated heterocycles. The molecule has 1 aromatic carbocycles. The molecular weight excluding hydrogens is 320 g/mol. The van der Waals surface area contributed by atoms with Crippen LogP contribution in [0.4, 0.5) is 5.13 Å². The topological polar surface area (TPSA) is 48.5 Å². The van der Waals surface area contributed by atoms with Gasteiger partial charge in [-0.05, 0) is 50.6 Å². The standard InChI is InChI=1S/C18H24N4OS/c1-19-17(23)13-5-6-15-16(11-13)24-18(20-15)22-10-7-14(12-22)21-8-3-2-4-9-21/h5-6,11,14H,2-4,7-10,12H2,1H3,(H,19,23)/t14-/m1/s1. The average Bonchev–Trinajstić information content (AvgIpc) is 3.27. The largest absolute Gasteiger partial charge is 0.355 e. The van der Waals surface area contributed by atoms with Crippen molar-refractivity contribution >= 4 is 32.6 Å². The smallest absolute Gasteiger partial charge is 0.251 e. The van der Waals surface area contributed by atoms with Crippen LogP contribution >= 0.6 is 11.3 Å². The fourth-order valence-electron chi connectivity index (χ4n) is 3.83. The number of thiazole rings is 1. The summed E-state index contributed by atoms with van der Waals surface area (Å²) in [5, 5.41) is 3.78. The summed E-state index contributed by atoms with van der Waals surface area (Å²) in [5.74, 6) is -0.0433. The van der Waals surface area contributed by atoms with Crippen molar-refractivity contribution in [2.45, 2.75) is 31.7 Å². The van der Waals surface area contributed by atoms with Crippen LogP contribution < -0.4 is 10.2 Å². The van der Waals surface area contributed by atoms with E-state index in [0.717, 1.165) is 28.4 Å². The van der Waals surface area contributed by atoms with Crippen LogP contribution in [0.3, 0.4) is 0 Å². The number of likely N-dealkylation sites (tertiary alicyclic amines) is 1. The van der Waals surface area contributed by atoms with E-state index in [1.807, 2.05) is 18.2 Å². The van der Waals surface area contributed by atoms with Gasteiger partial charge in [0.15, 0.2) is 5.13 Å². The number of hydrogen-bond acceptors (Lipinski definition) is 5. The molecule has 4 rings (SSSR count). The van der Waals surface area contributed by atoms with Gasteiger partial charge in [-0.25, -0.2) is 4.98 Å². The zero-order chi connectivity index (χ0) is 16.5. The Hall–Kier alpha value is -1.66. The fraction of sp³-hybridized carbons (Fsp3) is 0.556. The molecule has 1 amide bonds. The van der Waals surface area contributed by atoms with E-state index in [4.69, 9.17) is 4.98 Å². The molecule has 0 spiro atoms. The van der Waals surface area contributed by atoms with Crippen LogP contribution in [0, 0.1) is 0 Å². The van der Waals surface area contributed by atoms with Gasteiger partial charge >= 0.3 is 0 Å². The average molecular weight is 344 g/mol. The van der Waals surface area contributed by atoms with Crippen LogP contribution in [0.1, 0.15) is 36.0 Å². The molecule has 2 fully saturated rings. The highest BCUT2D eigenvalue weighted by Crippen LogP contribution is 2.32. The van der Waals surface area contributed by atoms with Crippen molar-refractivity contribution in [2.24, 2.45) is 0 Å². The zero-order valence-electron chi connectivity index (χ0n) is 14.1.